The third-order valence-electron chi connectivity index (χ3n) is 5.00. The van der Waals surface area contributed by atoms with Gasteiger partial charge in [-0.15, -0.1) is 0 Å². The molecular formula is C22H26N2O7. The van der Waals surface area contributed by atoms with Crippen LogP contribution < -0.4 is 24.3 Å². The first-order valence-electron chi connectivity index (χ1n) is 9.61. The number of carbonyl (C=O) groups excluding carboxylic acids is 2. The van der Waals surface area contributed by atoms with Crippen molar-refractivity contribution < 1.29 is 33.3 Å². The zero-order valence-electron chi connectivity index (χ0n) is 18.0. The Morgan fingerprint density at radius 1 is 1.00 bits per heavy atom. The van der Waals surface area contributed by atoms with E-state index in [9.17, 15) is 9.59 Å². The van der Waals surface area contributed by atoms with Crippen molar-refractivity contribution in [2.24, 2.45) is 0 Å². The topological polar surface area (TPSA) is 95.6 Å². The van der Waals surface area contributed by atoms with Gasteiger partial charge in [-0.3, -0.25) is 9.59 Å². The van der Waals surface area contributed by atoms with E-state index in [2.05, 4.69) is 5.32 Å². The molecule has 1 saturated heterocycles. The summed E-state index contributed by atoms with van der Waals surface area (Å²) in [6.45, 7) is 0.176. The standard InChI is InChI=1S/C22H26N2O7/c1-27-15-6-5-14(19(9-15)29-3)11-24-18(12-31-13-21(24)25)22(26)23-17-8-7-16(28-2)10-20(17)30-4/h5-10,18H,11-13H2,1-4H3,(H,23,26)/t18-/m0/s1. The average Bonchev–Trinajstić information content (AvgIpc) is 2.80. The predicted molar refractivity (Wildman–Crippen MR) is 113 cm³/mol. The summed E-state index contributed by atoms with van der Waals surface area (Å²) in [7, 11) is 6.15. The number of amides is 2. The lowest BCUT2D eigenvalue weighted by Gasteiger charge is -2.35. The Labute approximate surface area is 180 Å². The lowest BCUT2D eigenvalue weighted by Crippen LogP contribution is -2.54. The number of hydrogen-bond acceptors (Lipinski definition) is 7. The Hall–Kier alpha value is -3.46. The molecule has 1 aliphatic rings. The molecule has 0 aliphatic carbocycles. The fourth-order valence-electron chi connectivity index (χ4n) is 3.30. The van der Waals surface area contributed by atoms with Crippen molar-refractivity contribution in [2.75, 3.05) is 47.0 Å². The highest BCUT2D eigenvalue weighted by molar-refractivity contribution is 5.99. The largest absolute Gasteiger partial charge is 0.497 e. The SMILES string of the molecule is COc1ccc(CN2C(=O)COC[C@H]2C(=O)Nc2ccc(OC)cc2OC)c(OC)c1. The quantitative estimate of drug-likeness (QED) is 0.685. The van der Waals surface area contributed by atoms with Gasteiger partial charge in [0.25, 0.3) is 0 Å². The molecule has 0 saturated carbocycles. The van der Waals surface area contributed by atoms with Crippen LogP contribution in [0.2, 0.25) is 0 Å². The third kappa shape index (κ3) is 5.00. The minimum atomic E-state index is -0.820. The van der Waals surface area contributed by atoms with Crippen molar-refractivity contribution in [1.82, 2.24) is 4.90 Å². The maximum atomic E-state index is 13.1. The second-order valence-corrected chi connectivity index (χ2v) is 6.79. The molecule has 2 aromatic rings. The van der Waals surface area contributed by atoms with E-state index < -0.39 is 6.04 Å². The van der Waals surface area contributed by atoms with Gasteiger partial charge in [-0.05, 0) is 24.3 Å². The molecule has 0 aromatic heterocycles. The lowest BCUT2D eigenvalue weighted by atomic mass is 10.1. The summed E-state index contributed by atoms with van der Waals surface area (Å²) in [5.74, 6) is 1.57. The highest BCUT2D eigenvalue weighted by Gasteiger charge is 2.35. The number of rotatable bonds is 8. The van der Waals surface area contributed by atoms with E-state index in [0.29, 0.717) is 28.7 Å². The molecule has 0 bridgehead atoms. The maximum Gasteiger partial charge on any atom is 0.249 e. The summed E-state index contributed by atoms with van der Waals surface area (Å²) in [5, 5.41) is 2.82. The smallest absolute Gasteiger partial charge is 0.249 e. The average molecular weight is 430 g/mol. The second kappa shape index (κ2) is 10.0. The van der Waals surface area contributed by atoms with Gasteiger partial charge < -0.3 is 33.9 Å². The molecule has 166 valence electrons. The Morgan fingerprint density at radius 2 is 1.65 bits per heavy atom. The molecule has 0 spiro atoms. The highest BCUT2D eigenvalue weighted by atomic mass is 16.5. The van der Waals surface area contributed by atoms with Crippen molar-refractivity contribution in [2.45, 2.75) is 12.6 Å². The van der Waals surface area contributed by atoms with Gasteiger partial charge in [-0.2, -0.15) is 0 Å². The van der Waals surface area contributed by atoms with E-state index in [1.807, 2.05) is 6.07 Å². The number of nitrogens with one attached hydrogen (secondary N) is 1. The second-order valence-electron chi connectivity index (χ2n) is 6.79. The van der Waals surface area contributed by atoms with Gasteiger partial charge in [0.15, 0.2) is 0 Å². The Kier molecular flexibility index (Phi) is 7.19. The molecule has 0 radical (unpaired) electrons. The number of nitrogens with zero attached hydrogens (tertiary/aromatic N) is 1. The molecular weight excluding hydrogens is 404 g/mol. The predicted octanol–water partition coefficient (Wildman–Crippen LogP) is 2.09. The Balaban J connectivity index is 1.82. The molecule has 9 heteroatoms. The molecule has 31 heavy (non-hydrogen) atoms. The van der Waals surface area contributed by atoms with Crippen LogP contribution in [0.25, 0.3) is 0 Å². The van der Waals surface area contributed by atoms with Gasteiger partial charge >= 0.3 is 0 Å². The zero-order chi connectivity index (χ0) is 22.4. The first-order chi connectivity index (χ1) is 15.0. The monoisotopic (exact) mass is 430 g/mol. The van der Waals surface area contributed by atoms with Gasteiger partial charge in [0, 0.05) is 17.7 Å². The van der Waals surface area contributed by atoms with Crippen LogP contribution in [0.1, 0.15) is 5.56 Å². The Morgan fingerprint density at radius 3 is 2.29 bits per heavy atom. The van der Waals surface area contributed by atoms with E-state index in [4.69, 9.17) is 23.7 Å². The van der Waals surface area contributed by atoms with Crippen molar-refractivity contribution in [1.29, 1.82) is 0 Å². The molecule has 1 heterocycles. The highest BCUT2D eigenvalue weighted by Crippen LogP contribution is 2.30. The summed E-state index contributed by atoms with van der Waals surface area (Å²) in [5.41, 5.74) is 1.21. The molecule has 2 aromatic carbocycles. The van der Waals surface area contributed by atoms with E-state index >= 15 is 0 Å². The van der Waals surface area contributed by atoms with Crippen molar-refractivity contribution >= 4 is 17.5 Å². The number of ether oxygens (including phenoxy) is 5. The minimum absolute atomic E-state index is 0.0779. The Bertz CT molecular complexity index is 947. The van der Waals surface area contributed by atoms with Crippen LogP contribution in [0.3, 0.4) is 0 Å². The number of anilines is 1. The van der Waals surface area contributed by atoms with Gasteiger partial charge in [0.1, 0.15) is 35.6 Å². The van der Waals surface area contributed by atoms with E-state index in [-0.39, 0.29) is 31.6 Å². The summed E-state index contributed by atoms with van der Waals surface area (Å²) >= 11 is 0. The van der Waals surface area contributed by atoms with Crippen LogP contribution in [0.4, 0.5) is 5.69 Å². The fraction of sp³-hybridized carbons (Fsp3) is 0.364. The molecule has 0 unspecified atom stereocenters. The van der Waals surface area contributed by atoms with Gasteiger partial charge in [0.05, 0.1) is 47.3 Å². The van der Waals surface area contributed by atoms with Crippen molar-refractivity contribution in [3.05, 3.63) is 42.0 Å². The summed E-state index contributed by atoms with van der Waals surface area (Å²) < 4.78 is 26.5. The first kappa shape index (κ1) is 22.2. The summed E-state index contributed by atoms with van der Waals surface area (Å²) in [6, 6.07) is 9.55. The minimum Gasteiger partial charge on any atom is -0.497 e. The first-order valence-corrected chi connectivity index (χ1v) is 9.61. The van der Waals surface area contributed by atoms with E-state index in [1.54, 1.807) is 51.7 Å². The molecule has 1 fully saturated rings. The van der Waals surface area contributed by atoms with Gasteiger partial charge in [-0.25, -0.2) is 0 Å². The van der Waals surface area contributed by atoms with E-state index in [1.165, 1.54) is 12.0 Å². The van der Waals surface area contributed by atoms with Crippen molar-refractivity contribution in [3.8, 4) is 23.0 Å². The molecule has 9 nitrogen and oxygen atoms in total. The zero-order valence-corrected chi connectivity index (χ0v) is 18.0. The number of morpholine rings is 1. The number of benzene rings is 2. The number of hydrogen-bond donors (Lipinski definition) is 1. The van der Waals surface area contributed by atoms with Crippen LogP contribution in [0.15, 0.2) is 36.4 Å². The summed E-state index contributed by atoms with van der Waals surface area (Å²) in [6.07, 6.45) is 0. The van der Waals surface area contributed by atoms with Gasteiger partial charge in [-0.1, -0.05) is 0 Å². The molecule has 1 aliphatic heterocycles. The van der Waals surface area contributed by atoms with Crippen LogP contribution in [-0.4, -0.2) is 64.4 Å². The van der Waals surface area contributed by atoms with E-state index in [0.717, 1.165) is 5.56 Å². The molecule has 2 amide bonds. The molecule has 3 rings (SSSR count). The number of methoxy groups -OCH3 is 4. The van der Waals surface area contributed by atoms with Crippen LogP contribution in [0, 0.1) is 0 Å². The van der Waals surface area contributed by atoms with Crippen LogP contribution in [-0.2, 0) is 20.9 Å². The van der Waals surface area contributed by atoms with Crippen LogP contribution >= 0.6 is 0 Å². The summed E-state index contributed by atoms with van der Waals surface area (Å²) in [4.78, 5) is 27.2. The number of carbonyl (C=O) groups is 2. The van der Waals surface area contributed by atoms with Crippen LogP contribution in [0.5, 0.6) is 23.0 Å². The molecule has 1 N–H and O–H groups in total. The fourth-order valence-corrected chi connectivity index (χ4v) is 3.30. The lowest BCUT2D eigenvalue weighted by molar-refractivity contribution is -0.154. The molecule has 1 atom stereocenters. The van der Waals surface area contributed by atoms with Gasteiger partial charge in [0.2, 0.25) is 11.8 Å². The normalized spacial score (nSPS) is 15.9. The third-order valence-corrected chi connectivity index (χ3v) is 5.00. The maximum absolute atomic E-state index is 13.1. The van der Waals surface area contributed by atoms with Crippen molar-refractivity contribution in [3.63, 3.8) is 0 Å².